The van der Waals surface area contributed by atoms with Gasteiger partial charge in [0.1, 0.15) is 5.82 Å². The molecule has 0 spiro atoms. The molecule has 0 saturated carbocycles. The Kier molecular flexibility index (Phi) is 3.06. The van der Waals surface area contributed by atoms with Gasteiger partial charge in [-0.15, -0.1) is 0 Å². The molecular formula is C15H10FNO4. The summed E-state index contributed by atoms with van der Waals surface area (Å²) < 4.78 is 19.5. The van der Waals surface area contributed by atoms with Crippen LogP contribution in [0.5, 0.6) is 0 Å². The van der Waals surface area contributed by atoms with Crippen molar-refractivity contribution in [1.82, 2.24) is 4.57 Å². The van der Waals surface area contributed by atoms with E-state index in [1.165, 1.54) is 34.9 Å². The van der Waals surface area contributed by atoms with Crippen LogP contribution in [0.4, 0.5) is 4.39 Å². The molecule has 0 bridgehead atoms. The van der Waals surface area contributed by atoms with E-state index in [9.17, 15) is 14.0 Å². The van der Waals surface area contributed by atoms with Crippen molar-refractivity contribution in [3.05, 3.63) is 70.0 Å². The number of fused-ring (bicyclic) bond motifs is 1. The predicted octanol–water partition coefficient (Wildman–Crippen LogP) is 2.48. The first-order chi connectivity index (χ1) is 10.0. The minimum Gasteiger partial charge on any atom is -0.478 e. The second-order valence-electron chi connectivity index (χ2n) is 4.57. The van der Waals surface area contributed by atoms with Gasteiger partial charge in [0.05, 0.1) is 17.6 Å². The van der Waals surface area contributed by atoms with Crippen molar-refractivity contribution in [3.63, 3.8) is 0 Å². The lowest BCUT2D eigenvalue weighted by Gasteiger charge is -2.03. The molecule has 1 N–H and O–H groups in total. The molecule has 2 aromatic carbocycles. The lowest BCUT2D eigenvalue weighted by atomic mass is 10.2. The molecule has 106 valence electrons. The molecule has 0 unspecified atom stereocenters. The van der Waals surface area contributed by atoms with Gasteiger partial charge >= 0.3 is 11.7 Å². The molecule has 3 aromatic rings. The Balaban J connectivity index is 2.12. The molecule has 0 aliphatic carbocycles. The first kappa shape index (κ1) is 13.1. The van der Waals surface area contributed by atoms with Gasteiger partial charge in [0.15, 0.2) is 5.58 Å². The van der Waals surface area contributed by atoms with Crippen LogP contribution < -0.4 is 5.76 Å². The summed E-state index contributed by atoms with van der Waals surface area (Å²) in [7, 11) is 0. The molecule has 0 amide bonds. The summed E-state index contributed by atoms with van der Waals surface area (Å²) >= 11 is 0. The van der Waals surface area contributed by atoms with Gasteiger partial charge in [-0.2, -0.15) is 0 Å². The molecule has 0 saturated heterocycles. The average Bonchev–Trinajstić information content (AvgIpc) is 2.74. The van der Waals surface area contributed by atoms with Crippen molar-refractivity contribution in [3.8, 4) is 0 Å². The summed E-state index contributed by atoms with van der Waals surface area (Å²) in [5.41, 5.74) is 1.29. The highest BCUT2D eigenvalue weighted by Crippen LogP contribution is 2.17. The highest BCUT2D eigenvalue weighted by molar-refractivity contribution is 5.91. The Bertz CT molecular complexity index is 894. The lowest BCUT2D eigenvalue weighted by Crippen LogP contribution is -2.15. The van der Waals surface area contributed by atoms with Crippen molar-refractivity contribution < 1.29 is 18.7 Å². The van der Waals surface area contributed by atoms with Gasteiger partial charge in [-0.3, -0.25) is 4.57 Å². The van der Waals surface area contributed by atoms with Crippen LogP contribution in [-0.4, -0.2) is 15.6 Å². The number of oxazole rings is 1. The first-order valence-electron chi connectivity index (χ1n) is 6.16. The first-order valence-corrected chi connectivity index (χ1v) is 6.16. The topological polar surface area (TPSA) is 72.4 Å². The molecule has 0 aliphatic heterocycles. The number of aromatic carboxylic acids is 1. The predicted molar refractivity (Wildman–Crippen MR) is 72.9 cm³/mol. The number of carboxylic acid groups (broad SMARTS) is 1. The van der Waals surface area contributed by atoms with Gasteiger partial charge in [-0.25, -0.2) is 14.0 Å². The molecule has 1 heterocycles. The Morgan fingerprint density at radius 1 is 1.24 bits per heavy atom. The number of hydrogen-bond donors (Lipinski definition) is 1. The zero-order valence-electron chi connectivity index (χ0n) is 10.7. The molecule has 5 nitrogen and oxygen atoms in total. The third-order valence-electron chi connectivity index (χ3n) is 3.14. The Labute approximate surface area is 117 Å². The van der Waals surface area contributed by atoms with Crippen LogP contribution in [-0.2, 0) is 6.54 Å². The van der Waals surface area contributed by atoms with Crippen LogP contribution in [0.3, 0.4) is 0 Å². The molecule has 0 radical (unpaired) electrons. The van der Waals surface area contributed by atoms with Crippen LogP contribution in [0.2, 0.25) is 0 Å². The van der Waals surface area contributed by atoms with Gasteiger partial charge in [-0.1, -0.05) is 12.1 Å². The fourth-order valence-electron chi connectivity index (χ4n) is 2.16. The summed E-state index contributed by atoms with van der Waals surface area (Å²) in [6, 6.07) is 9.99. The average molecular weight is 287 g/mol. The van der Waals surface area contributed by atoms with Crippen LogP contribution in [0.1, 0.15) is 15.9 Å². The van der Waals surface area contributed by atoms with E-state index in [0.29, 0.717) is 16.7 Å². The lowest BCUT2D eigenvalue weighted by molar-refractivity contribution is 0.0697. The van der Waals surface area contributed by atoms with E-state index >= 15 is 0 Å². The van der Waals surface area contributed by atoms with Gasteiger partial charge in [0.2, 0.25) is 0 Å². The van der Waals surface area contributed by atoms with Gasteiger partial charge in [0.25, 0.3) is 0 Å². The normalized spacial score (nSPS) is 10.9. The molecular weight excluding hydrogens is 277 g/mol. The number of aromatic nitrogens is 1. The maximum absolute atomic E-state index is 13.2. The summed E-state index contributed by atoms with van der Waals surface area (Å²) in [6.45, 7) is 0.104. The molecule has 0 fully saturated rings. The van der Waals surface area contributed by atoms with E-state index in [1.807, 2.05) is 0 Å². The fourth-order valence-corrected chi connectivity index (χ4v) is 2.16. The number of hydrogen-bond acceptors (Lipinski definition) is 3. The van der Waals surface area contributed by atoms with Crippen LogP contribution in [0.25, 0.3) is 11.1 Å². The van der Waals surface area contributed by atoms with Crippen molar-refractivity contribution in [2.75, 3.05) is 0 Å². The maximum atomic E-state index is 13.2. The molecule has 0 aliphatic rings. The zero-order valence-corrected chi connectivity index (χ0v) is 10.7. The number of nitrogens with zero attached hydrogens (tertiary/aromatic N) is 1. The van der Waals surface area contributed by atoms with Crippen molar-refractivity contribution >= 4 is 17.1 Å². The van der Waals surface area contributed by atoms with Crippen LogP contribution in [0.15, 0.2) is 51.7 Å². The highest BCUT2D eigenvalue weighted by Gasteiger charge is 2.13. The molecule has 6 heteroatoms. The monoisotopic (exact) mass is 287 g/mol. The second kappa shape index (κ2) is 4.90. The minimum atomic E-state index is -1.09. The van der Waals surface area contributed by atoms with Gasteiger partial charge < -0.3 is 9.52 Å². The zero-order chi connectivity index (χ0) is 15.0. The summed E-state index contributed by atoms with van der Waals surface area (Å²) in [5, 5.41) is 9.00. The van der Waals surface area contributed by atoms with E-state index in [2.05, 4.69) is 0 Å². The smallest absolute Gasteiger partial charge is 0.420 e. The SMILES string of the molecule is O=C(O)c1ccc2oc(=O)n(Cc3cccc(F)c3)c2c1. The van der Waals surface area contributed by atoms with E-state index in [-0.39, 0.29) is 12.1 Å². The fraction of sp³-hybridized carbons (Fsp3) is 0.0667. The number of rotatable bonds is 3. The maximum Gasteiger partial charge on any atom is 0.420 e. The summed E-state index contributed by atoms with van der Waals surface area (Å²) in [6.07, 6.45) is 0. The summed E-state index contributed by atoms with van der Waals surface area (Å²) in [4.78, 5) is 22.9. The van der Waals surface area contributed by atoms with Gasteiger partial charge in [-0.05, 0) is 35.9 Å². The highest BCUT2D eigenvalue weighted by atomic mass is 19.1. The van der Waals surface area contributed by atoms with E-state index in [4.69, 9.17) is 9.52 Å². The van der Waals surface area contributed by atoms with Crippen LogP contribution in [0, 0.1) is 5.82 Å². The van der Waals surface area contributed by atoms with Crippen molar-refractivity contribution in [1.29, 1.82) is 0 Å². The largest absolute Gasteiger partial charge is 0.478 e. The molecule has 3 rings (SSSR count). The Morgan fingerprint density at radius 2 is 2.05 bits per heavy atom. The van der Waals surface area contributed by atoms with Gasteiger partial charge in [0, 0.05) is 0 Å². The molecule has 0 atom stereocenters. The standard InChI is InChI=1S/C15H10FNO4/c16-11-3-1-2-9(6-11)8-17-12-7-10(14(18)19)4-5-13(12)21-15(17)20/h1-7H,8H2,(H,18,19). The quantitative estimate of drug-likeness (QED) is 0.803. The number of halogens is 1. The van der Waals surface area contributed by atoms with E-state index < -0.39 is 17.5 Å². The van der Waals surface area contributed by atoms with Crippen molar-refractivity contribution in [2.24, 2.45) is 0 Å². The molecule has 21 heavy (non-hydrogen) atoms. The third-order valence-corrected chi connectivity index (χ3v) is 3.14. The van der Waals surface area contributed by atoms with Crippen molar-refractivity contribution in [2.45, 2.75) is 6.54 Å². The number of carboxylic acids is 1. The number of benzene rings is 2. The number of carbonyl (C=O) groups is 1. The third kappa shape index (κ3) is 2.43. The summed E-state index contributed by atoms with van der Waals surface area (Å²) in [5.74, 6) is -2.11. The van der Waals surface area contributed by atoms with E-state index in [0.717, 1.165) is 0 Å². The molecule has 1 aromatic heterocycles. The van der Waals surface area contributed by atoms with E-state index in [1.54, 1.807) is 12.1 Å². The Hall–Kier alpha value is -2.89. The minimum absolute atomic E-state index is 0.0521. The van der Waals surface area contributed by atoms with Crippen LogP contribution >= 0.6 is 0 Å². The Morgan fingerprint density at radius 3 is 2.76 bits per heavy atom. The second-order valence-corrected chi connectivity index (χ2v) is 4.57.